The molecule has 164 valence electrons. The zero-order valence-corrected chi connectivity index (χ0v) is 18.9. The van der Waals surface area contributed by atoms with Crippen molar-refractivity contribution in [1.29, 1.82) is 0 Å². The van der Waals surface area contributed by atoms with Crippen LogP contribution < -0.4 is 10.9 Å². The van der Waals surface area contributed by atoms with Crippen molar-refractivity contribution in [1.82, 2.24) is 24.2 Å². The molecule has 0 unspecified atom stereocenters. The van der Waals surface area contributed by atoms with E-state index in [2.05, 4.69) is 15.3 Å². The van der Waals surface area contributed by atoms with Gasteiger partial charge in [-0.25, -0.2) is 4.98 Å². The Balaban J connectivity index is 1.53. The Morgan fingerprint density at radius 2 is 1.97 bits per heavy atom. The van der Waals surface area contributed by atoms with E-state index in [0.29, 0.717) is 18.2 Å². The molecule has 0 atom stereocenters. The van der Waals surface area contributed by atoms with Crippen molar-refractivity contribution in [3.05, 3.63) is 38.4 Å². The summed E-state index contributed by atoms with van der Waals surface area (Å²) < 4.78 is 3.23. The Labute approximate surface area is 184 Å². The summed E-state index contributed by atoms with van der Waals surface area (Å²) in [4.78, 5) is 35.9. The topological polar surface area (TPSA) is 85.0 Å². The molecule has 1 amide bonds. The van der Waals surface area contributed by atoms with Crippen molar-refractivity contribution in [3.63, 3.8) is 0 Å². The first-order valence-corrected chi connectivity index (χ1v) is 11.9. The maximum Gasteiger partial charge on any atom is 0.263 e. The fourth-order valence-electron chi connectivity index (χ4n) is 4.76. The number of anilines is 1. The van der Waals surface area contributed by atoms with Gasteiger partial charge in [0.25, 0.3) is 5.56 Å². The van der Waals surface area contributed by atoms with E-state index in [1.165, 1.54) is 24.1 Å². The summed E-state index contributed by atoms with van der Waals surface area (Å²) in [7, 11) is 1.79. The average Bonchev–Trinajstić information content (AvgIpc) is 3.44. The van der Waals surface area contributed by atoms with Gasteiger partial charge in [0.1, 0.15) is 23.0 Å². The van der Waals surface area contributed by atoms with Gasteiger partial charge in [-0.2, -0.15) is 5.10 Å². The maximum absolute atomic E-state index is 13.6. The second-order valence-corrected chi connectivity index (χ2v) is 9.72. The van der Waals surface area contributed by atoms with E-state index in [-0.39, 0.29) is 18.0 Å². The fourth-order valence-corrected chi connectivity index (χ4v) is 6.03. The van der Waals surface area contributed by atoms with Gasteiger partial charge in [-0.15, -0.1) is 11.3 Å². The minimum absolute atomic E-state index is 0.0419. The second-order valence-electron chi connectivity index (χ2n) is 8.64. The number of aryl methyl sites for hydroxylation is 4. The highest BCUT2D eigenvalue weighted by atomic mass is 32.1. The smallest absolute Gasteiger partial charge is 0.263 e. The van der Waals surface area contributed by atoms with Crippen LogP contribution in [0.1, 0.15) is 47.6 Å². The van der Waals surface area contributed by atoms with E-state index in [0.717, 1.165) is 53.8 Å². The molecular weight excluding hydrogens is 412 g/mol. The van der Waals surface area contributed by atoms with Crippen LogP contribution in [0.2, 0.25) is 0 Å². The average molecular weight is 441 g/mol. The van der Waals surface area contributed by atoms with Crippen molar-refractivity contribution in [2.24, 2.45) is 7.05 Å². The lowest BCUT2D eigenvalue weighted by Crippen LogP contribution is -2.34. The highest BCUT2D eigenvalue weighted by Crippen LogP contribution is 2.34. The molecule has 0 spiro atoms. The van der Waals surface area contributed by atoms with Gasteiger partial charge in [0, 0.05) is 18.0 Å². The van der Waals surface area contributed by atoms with E-state index in [9.17, 15) is 9.59 Å². The van der Waals surface area contributed by atoms with Crippen molar-refractivity contribution in [2.45, 2.75) is 58.5 Å². The Morgan fingerprint density at radius 1 is 1.19 bits per heavy atom. The molecular formula is C22H28N6O2S. The van der Waals surface area contributed by atoms with Crippen molar-refractivity contribution in [3.8, 4) is 0 Å². The van der Waals surface area contributed by atoms with Crippen LogP contribution in [0, 0.1) is 6.92 Å². The summed E-state index contributed by atoms with van der Waals surface area (Å²) >= 11 is 1.67. The standard InChI is InChI=1S/C22H28N6O2S/c1-14-11-17(26(2)25-14)23-19(29)13-28-18(12-27-9-5-6-10-27)24-21-20(22(28)30)15-7-3-4-8-16(15)31-21/h11H,3-10,12-13H2,1-2H3,(H,23,29). The minimum atomic E-state index is -0.238. The SMILES string of the molecule is Cc1cc(NC(=O)Cn2c(CN3CCCC3)nc3sc4c(c3c2=O)CCCC4)n(C)n1. The number of likely N-dealkylation sites (tertiary alicyclic amines) is 1. The monoisotopic (exact) mass is 440 g/mol. The zero-order chi connectivity index (χ0) is 21.5. The minimum Gasteiger partial charge on any atom is -0.309 e. The molecule has 5 rings (SSSR count). The first-order chi connectivity index (χ1) is 15.0. The lowest BCUT2D eigenvalue weighted by Gasteiger charge is -2.18. The zero-order valence-electron chi connectivity index (χ0n) is 18.1. The van der Waals surface area contributed by atoms with E-state index in [1.807, 2.05) is 13.0 Å². The Morgan fingerprint density at radius 3 is 2.71 bits per heavy atom. The highest BCUT2D eigenvalue weighted by molar-refractivity contribution is 7.18. The largest absolute Gasteiger partial charge is 0.309 e. The molecule has 8 nitrogen and oxygen atoms in total. The molecule has 1 N–H and O–H groups in total. The number of carbonyl (C=O) groups excluding carboxylic acids is 1. The van der Waals surface area contributed by atoms with Crippen molar-refractivity contribution in [2.75, 3.05) is 18.4 Å². The van der Waals surface area contributed by atoms with Crippen molar-refractivity contribution >= 4 is 33.3 Å². The lowest BCUT2D eigenvalue weighted by atomic mass is 9.97. The summed E-state index contributed by atoms with van der Waals surface area (Å²) in [5.41, 5.74) is 1.92. The van der Waals surface area contributed by atoms with Crippen LogP contribution in [-0.4, -0.2) is 43.2 Å². The van der Waals surface area contributed by atoms with Crippen LogP contribution in [0.5, 0.6) is 0 Å². The lowest BCUT2D eigenvalue weighted by molar-refractivity contribution is -0.116. The molecule has 1 aliphatic carbocycles. The Kier molecular flexibility index (Phi) is 5.39. The summed E-state index contributed by atoms with van der Waals surface area (Å²) in [6.45, 7) is 4.46. The number of hydrogen-bond donors (Lipinski definition) is 1. The first kappa shape index (κ1) is 20.4. The first-order valence-electron chi connectivity index (χ1n) is 11.1. The third kappa shape index (κ3) is 3.92. The predicted molar refractivity (Wildman–Crippen MR) is 122 cm³/mol. The van der Waals surface area contributed by atoms with Gasteiger partial charge < -0.3 is 5.32 Å². The van der Waals surface area contributed by atoms with Gasteiger partial charge in [0.2, 0.25) is 5.91 Å². The van der Waals surface area contributed by atoms with Gasteiger partial charge in [-0.1, -0.05) is 0 Å². The van der Waals surface area contributed by atoms with Crippen LogP contribution in [-0.2, 0) is 37.8 Å². The molecule has 0 bridgehead atoms. The van der Waals surface area contributed by atoms with Crippen molar-refractivity contribution < 1.29 is 4.79 Å². The van der Waals surface area contributed by atoms with E-state index in [1.54, 1.807) is 27.6 Å². The molecule has 3 aromatic heterocycles. The summed E-state index contributed by atoms with van der Waals surface area (Å²) in [5, 5.41) is 7.90. The van der Waals surface area contributed by atoms with E-state index < -0.39 is 0 Å². The predicted octanol–water partition coefficient (Wildman–Crippen LogP) is 2.61. The molecule has 31 heavy (non-hydrogen) atoms. The van der Waals surface area contributed by atoms with Gasteiger partial charge in [0.15, 0.2) is 0 Å². The summed E-state index contributed by atoms with van der Waals surface area (Å²) in [6, 6.07) is 1.82. The second kappa shape index (κ2) is 8.20. The van der Waals surface area contributed by atoms with E-state index in [4.69, 9.17) is 4.98 Å². The molecule has 0 aromatic carbocycles. The molecule has 9 heteroatoms. The quantitative estimate of drug-likeness (QED) is 0.659. The number of rotatable bonds is 5. The molecule has 0 radical (unpaired) electrons. The number of fused-ring (bicyclic) bond motifs is 3. The third-order valence-corrected chi connectivity index (χ3v) is 7.47. The number of aromatic nitrogens is 4. The molecule has 1 saturated heterocycles. The highest BCUT2D eigenvalue weighted by Gasteiger charge is 2.24. The fraction of sp³-hybridized carbons (Fsp3) is 0.545. The molecule has 1 aliphatic heterocycles. The van der Waals surface area contributed by atoms with Gasteiger partial charge in [-0.3, -0.25) is 23.7 Å². The van der Waals surface area contributed by atoms with Gasteiger partial charge >= 0.3 is 0 Å². The molecule has 1 fully saturated rings. The maximum atomic E-state index is 13.6. The number of amides is 1. The number of nitrogens with zero attached hydrogens (tertiary/aromatic N) is 5. The van der Waals surface area contributed by atoms with E-state index >= 15 is 0 Å². The van der Waals surface area contributed by atoms with Crippen LogP contribution >= 0.6 is 11.3 Å². The number of thiophene rings is 1. The van der Waals surface area contributed by atoms with Crippen LogP contribution in [0.25, 0.3) is 10.2 Å². The Hall–Kier alpha value is -2.52. The summed E-state index contributed by atoms with van der Waals surface area (Å²) in [5.74, 6) is 1.07. The normalized spacial score (nSPS) is 16.7. The van der Waals surface area contributed by atoms with Crippen LogP contribution in [0.15, 0.2) is 10.9 Å². The molecule has 3 aromatic rings. The number of hydrogen-bond acceptors (Lipinski definition) is 6. The van der Waals surface area contributed by atoms with Crippen LogP contribution in [0.3, 0.4) is 0 Å². The number of nitrogens with one attached hydrogen (secondary N) is 1. The Bertz CT molecular complexity index is 1200. The number of carbonyl (C=O) groups is 1. The molecule has 4 heterocycles. The van der Waals surface area contributed by atoms with Gasteiger partial charge in [0.05, 0.1) is 17.6 Å². The molecule has 2 aliphatic rings. The third-order valence-electron chi connectivity index (χ3n) is 6.29. The summed E-state index contributed by atoms with van der Waals surface area (Å²) in [6.07, 6.45) is 6.56. The molecule has 0 saturated carbocycles. The van der Waals surface area contributed by atoms with Gasteiger partial charge in [-0.05, 0) is 64.1 Å². The van der Waals surface area contributed by atoms with Crippen LogP contribution in [0.4, 0.5) is 5.82 Å².